The molecule has 0 unspecified atom stereocenters. The number of alkyl halides is 3. The molecule has 1 aliphatic rings. The van der Waals surface area contributed by atoms with Crippen LogP contribution in [0.15, 0.2) is 24.3 Å². The van der Waals surface area contributed by atoms with Crippen molar-refractivity contribution in [3.05, 3.63) is 35.4 Å². The van der Waals surface area contributed by atoms with Crippen molar-refractivity contribution >= 4 is 18.3 Å². The number of carbonyl (C=O) groups excluding carboxylic acids is 1. The van der Waals surface area contributed by atoms with Gasteiger partial charge in [0, 0.05) is 13.0 Å². The molecule has 0 atom stereocenters. The van der Waals surface area contributed by atoms with Crippen LogP contribution in [0, 0.1) is 5.92 Å². The number of piperidine rings is 1. The predicted molar refractivity (Wildman–Crippen MR) is 96.1 cm³/mol. The van der Waals surface area contributed by atoms with Crippen LogP contribution in [0.1, 0.15) is 36.8 Å². The molecule has 1 heterocycles. The summed E-state index contributed by atoms with van der Waals surface area (Å²) >= 11 is 0. The Morgan fingerprint density at radius 2 is 1.77 bits per heavy atom. The maximum atomic E-state index is 12.0. The number of amides is 1. The lowest BCUT2D eigenvalue weighted by Gasteiger charge is -2.22. The molecule has 0 radical (unpaired) electrons. The number of hydrogen-bond acceptors (Lipinski definition) is 3. The highest BCUT2D eigenvalue weighted by Gasteiger charge is 2.27. The number of ether oxygens (including phenoxy) is 1. The van der Waals surface area contributed by atoms with E-state index in [4.69, 9.17) is 0 Å². The van der Waals surface area contributed by atoms with Gasteiger partial charge in [0.25, 0.3) is 0 Å². The quantitative estimate of drug-likeness (QED) is 0.708. The SMILES string of the molecule is Cl.O=C(CCC1CCNCC1)NCc1ccc(COCC(F)(F)F)cc1. The van der Waals surface area contributed by atoms with Gasteiger partial charge >= 0.3 is 6.18 Å². The van der Waals surface area contributed by atoms with Crippen molar-refractivity contribution in [3.63, 3.8) is 0 Å². The molecule has 2 N–H and O–H groups in total. The van der Waals surface area contributed by atoms with Gasteiger partial charge in [-0.1, -0.05) is 24.3 Å². The van der Waals surface area contributed by atoms with E-state index >= 15 is 0 Å². The Morgan fingerprint density at radius 3 is 2.38 bits per heavy atom. The summed E-state index contributed by atoms with van der Waals surface area (Å²) in [5, 5.41) is 6.19. The van der Waals surface area contributed by atoms with E-state index in [1.807, 2.05) is 0 Å². The van der Waals surface area contributed by atoms with E-state index in [0.717, 1.165) is 37.9 Å². The Labute approximate surface area is 158 Å². The largest absolute Gasteiger partial charge is 0.411 e. The van der Waals surface area contributed by atoms with Gasteiger partial charge in [0.05, 0.1) is 6.61 Å². The van der Waals surface area contributed by atoms with Gasteiger partial charge in [-0.05, 0) is 49.4 Å². The average molecular weight is 395 g/mol. The van der Waals surface area contributed by atoms with Crippen LogP contribution in [0.25, 0.3) is 0 Å². The first-order chi connectivity index (χ1) is 11.9. The van der Waals surface area contributed by atoms with Crippen molar-refractivity contribution in [2.45, 2.75) is 45.0 Å². The molecule has 0 aliphatic carbocycles. The molecule has 1 saturated heterocycles. The molecule has 8 heteroatoms. The average Bonchev–Trinajstić information content (AvgIpc) is 2.59. The standard InChI is InChI=1S/C18H25F3N2O2.ClH/c19-18(20,21)13-25-12-16-3-1-15(2-4-16)11-23-17(24)6-5-14-7-9-22-10-8-14;/h1-4,14,22H,5-13H2,(H,23,24);1H. The summed E-state index contributed by atoms with van der Waals surface area (Å²) in [6.07, 6.45) is -0.592. The molecular formula is C18H26ClF3N2O2. The van der Waals surface area contributed by atoms with Gasteiger partial charge in [-0.2, -0.15) is 13.2 Å². The van der Waals surface area contributed by atoms with Crippen LogP contribution in [-0.4, -0.2) is 31.8 Å². The minimum Gasteiger partial charge on any atom is -0.367 e. The molecule has 1 aliphatic heterocycles. The molecule has 4 nitrogen and oxygen atoms in total. The summed E-state index contributed by atoms with van der Waals surface area (Å²) in [4.78, 5) is 11.9. The van der Waals surface area contributed by atoms with Gasteiger partial charge in [0.2, 0.25) is 5.91 Å². The Hall–Kier alpha value is -1.31. The highest BCUT2D eigenvalue weighted by molar-refractivity contribution is 5.85. The van der Waals surface area contributed by atoms with Crippen LogP contribution in [-0.2, 0) is 22.7 Å². The van der Waals surface area contributed by atoms with Crippen LogP contribution in [0.3, 0.4) is 0 Å². The van der Waals surface area contributed by atoms with E-state index in [9.17, 15) is 18.0 Å². The fourth-order valence-electron chi connectivity index (χ4n) is 2.83. The van der Waals surface area contributed by atoms with Gasteiger partial charge in [-0.15, -0.1) is 12.4 Å². The van der Waals surface area contributed by atoms with Gasteiger partial charge in [-0.3, -0.25) is 4.79 Å². The van der Waals surface area contributed by atoms with E-state index in [1.165, 1.54) is 0 Å². The number of rotatable bonds is 8. The summed E-state index contributed by atoms with van der Waals surface area (Å²) in [6, 6.07) is 7.01. The van der Waals surface area contributed by atoms with Crippen molar-refractivity contribution in [2.75, 3.05) is 19.7 Å². The van der Waals surface area contributed by atoms with Crippen LogP contribution >= 0.6 is 12.4 Å². The summed E-state index contributed by atoms with van der Waals surface area (Å²) in [7, 11) is 0. The maximum Gasteiger partial charge on any atom is 0.411 e. The Morgan fingerprint density at radius 1 is 1.15 bits per heavy atom. The first-order valence-electron chi connectivity index (χ1n) is 8.62. The minimum absolute atomic E-state index is 0. The summed E-state index contributed by atoms with van der Waals surface area (Å²) in [5.41, 5.74) is 1.58. The number of carbonyl (C=O) groups is 1. The summed E-state index contributed by atoms with van der Waals surface area (Å²) < 4.78 is 40.6. The third-order valence-corrected chi connectivity index (χ3v) is 4.29. The first kappa shape index (κ1) is 22.7. The van der Waals surface area contributed by atoms with Crippen LogP contribution < -0.4 is 10.6 Å². The molecule has 0 bridgehead atoms. The van der Waals surface area contributed by atoms with E-state index in [0.29, 0.717) is 24.4 Å². The van der Waals surface area contributed by atoms with Gasteiger partial charge in [0.15, 0.2) is 0 Å². The highest BCUT2D eigenvalue weighted by Crippen LogP contribution is 2.18. The molecule has 1 fully saturated rings. The van der Waals surface area contributed by atoms with E-state index < -0.39 is 12.8 Å². The normalized spacial score (nSPS) is 15.3. The maximum absolute atomic E-state index is 12.0. The molecule has 1 amide bonds. The number of benzene rings is 1. The van der Waals surface area contributed by atoms with Gasteiger partial charge in [0.1, 0.15) is 6.61 Å². The fraction of sp³-hybridized carbons (Fsp3) is 0.611. The third kappa shape index (κ3) is 9.40. The monoisotopic (exact) mass is 394 g/mol. The Balaban J connectivity index is 0.00000338. The Bertz CT molecular complexity index is 532. The smallest absolute Gasteiger partial charge is 0.367 e. The molecule has 0 aromatic heterocycles. The van der Waals surface area contributed by atoms with E-state index in [2.05, 4.69) is 15.4 Å². The minimum atomic E-state index is -4.31. The fourth-order valence-corrected chi connectivity index (χ4v) is 2.83. The molecule has 1 aromatic carbocycles. The molecule has 1 aromatic rings. The van der Waals surface area contributed by atoms with Crippen molar-refractivity contribution in [1.29, 1.82) is 0 Å². The first-order valence-corrected chi connectivity index (χ1v) is 8.62. The van der Waals surface area contributed by atoms with Crippen LogP contribution in [0.5, 0.6) is 0 Å². The molecule has 26 heavy (non-hydrogen) atoms. The second-order valence-electron chi connectivity index (χ2n) is 6.43. The van der Waals surface area contributed by atoms with Gasteiger partial charge < -0.3 is 15.4 Å². The zero-order chi connectivity index (χ0) is 18.1. The molecule has 0 spiro atoms. The van der Waals surface area contributed by atoms with Crippen molar-refractivity contribution < 1.29 is 22.7 Å². The van der Waals surface area contributed by atoms with Crippen molar-refractivity contribution in [1.82, 2.24) is 10.6 Å². The van der Waals surface area contributed by atoms with E-state index in [1.54, 1.807) is 24.3 Å². The van der Waals surface area contributed by atoms with Crippen LogP contribution in [0.4, 0.5) is 13.2 Å². The van der Waals surface area contributed by atoms with Crippen molar-refractivity contribution in [3.8, 4) is 0 Å². The molecule has 148 valence electrons. The molecular weight excluding hydrogens is 369 g/mol. The lowest BCUT2D eigenvalue weighted by Crippen LogP contribution is -2.29. The zero-order valence-corrected chi connectivity index (χ0v) is 15.4. The number of nitrogens with one attached hydrogen (secondary N) is 2. The summed E-state index contributed by atoms with van der Waals surface area (Å²) in [5.74, 6) is 0.666. The number of halogens is 4. The van der Waals surface area contributed by atoms with Crippen molar-refractivity contribution in [2.24, 2.45) is 5.92 Å². The molecule has 2 rings (SSSR count). The second-order valence-corrected chi connectivity index (χ2v) is 6.43. The summed E-state index contributed by atoms with van der Waals surface area (Å²) in [6.45, 7) is 1.16. The number of hydrogen-bond donors (Lipinski definition) is 2. The highest BCUT2D eigenvalue weighted by atomic mass is 35.5. The molecule has 0 saturated carbocycles. The predicted octanol–water partition coefficient (Wildman–Crippen LogP) is 3.58. The Kier molecular flexibility index (Phi) is 9.98. The van der Waals surface area contributed by atoms with E-state index in [-0.39, 0.29) is 24.9 Å². The lowest BCUT2D eigenvalue weighted by molar-refractivity contribution is -0.176. The zero-order valence-electron chi connectivity index (χ0n) is 14.6. The topological polar surface area (TPSA) is 50.4 Å². The lowest BCUT2D eigenvalue weighted by atomic mass is 9.93. The van der Waals surface area contributed by atoms with Gasteiger partial charge in [-0.25, -0.2) is 0 Å². The van der Waals surface area contributed by atoms with Crippen LogP contribution in [0.2, 0.25) is 0 Å². The second kappa shape index (κ2) is 11.4. The third-order valence-electron chi connectivity index (χ3n) is 4.29.